The Morgan fingerprint density at radius 3 is 2.30 bits per heavy atom. The molecule has 0 bridgehead atoms. The van der Waals surface area contributed by atoms with Gasteiger partial charge in [-0.3, -0.25) is 9.59 Å². The molecule has 5 nitrogen and oxygen atoms in total. The molecule has 2 rings (SSSR count). The number of hydrogen-bond acceptors (Lipinski definition) is 3. The number of amides is 1. The van der Waals surface area contributed by atoms with Gasteiger partial charge < -0.3 is 15.2 Å². The maximum absolute atomic E-state index is 11.9. The Labute approximate surface area is 120 Å². The van der Waals surface area contributed by atoms with Crippen LogP contribution in [0, 0.1) is 11.8 Å². The van der Waals surface area contributed by atoms with Gasteiger partial charge in [0, 0.05) is 25.7 Å². The van der Waals surface area contributed by atoms with E-state index < -0.39 is 5.97 Å². The molecule has 0 unspecified atom stereocenters. The molecule has 20 heavy (non-hydrogen) atoms. The Morgan fingerprint density at radius 1 is 1.05 bits per heavy atom. The molecule has 5 heteroatoms. The number of carbonyl (C=O) groups is 2. The maximum atomic E-state index is 11.9. The zero-order valence-electron chi connectivity index (χ0n) is 12.0. The van der Waals surface area contributed by atoms with E-state index in [9.17, 15) is 9.59 Å². The predicted molar refractivity (Wildman–Crippen MR) is 74.3 cm³/mol. The molecule has 0 radical (unpaired) electrons. The van der Waals surface area contributed by atoms with Gasteiger partial charge in [-0.25, -0.2) is 0 Å². The Morgan fingerprint density at radius 2 is 1.70 bits per heavy atom. The highest BCUT2D eigenvalue weighted by atomic mass is 16.5. The molecule has 0 aromatic rings. The van der Waals surface area contributed by atoms with E-state index in [0.29, 0.717) is 25.2 Å². The SMILES string of the molecule is O=C(CCC1CCOCC1)NC1CCC(C(=O)O)CC1. The van der Waals surface area contributed by atoms with E-state index in [-0.39, 0.29) is 17.9 Å². The van der Waals surface area contributed by atoms with Crippen LogP contribution in [0.4, 0.5) is 0 Å². The van der Waals surface area contributed by atoms with E-state index in [1.807, 2.05) is 0 Å². The molecule has 2 N–H and O–H groups in total. The van der Waals surface area contributed by atoms with Crippen molar-refractivity contribution < 1.29 is 19.4 Å². The average Bonchev–Trinajstić information content (AvgIpc) is 2.47. The number of carbonyl (C=O) groups excluding carboxylic acids is 1. The molecule has 0 aromatic carbocycles. The summed E-state index contributed by atoms with van der Waals surface area (Å²) < 4.78 is 5.31. The van der Waals surface area contributed by atoms with Gasteiger partial charge in [0.1, 0.15) is 0 Å². The smallest absolute Gasteiger partial charge is 0.306 e. The summed E-state index contributed by atoms with van der Waals surface area (Å²) in [5.41, 5.74) is 0. The van der Waals surface area contributed by atoms with Crippen molar-refractivity contribution >= 4 is 11.9 Å². The Kier molecular flexibility index (Phi) is 5.83. The fourth-order valence-electron chi connectivity index (χ4n) is 3.15. The van der Waals surface area contributed by atoms with Crippen LogP contribution in [0.2, 0.25) is 0 Å². The van der Waals surface area contributed by atoms with Gasteiger partial charge in [-0.2, -0.15) is 0 Å². The van der Waals surface area contributed by atoms with Crippen LogP contribution in [0.5, 0.6) is 0 Å². The number of ether oxygens (including phenoxy) is 1. The number of nitrogens with one attached hydrogen (secondary N) is 1. The molecule has 2 fully saturated rings. The summed E-state index contributed by atoms with van der Waals surface area (Å²) in [6.07, 6.45) is 6.61. The van der Waals surface area contributed by atoms with E-state index in [1.165, 1.54) is 0 Å². The van der Waals surface area contributed by atoms with Crippen molar-refractivity contribution in [3.8, 4) is 0 Å². The van der Waals surface area contributed by atoms with Crippen LogP contribution in [0.3, 0.4) is 0 Å². The Balaban J connectivity index is 1.61. The summed E-state index contributed by atoms with van der Waals surface area (Å²) in [6, 6.07) is 0.174. The van der Waals surface area contributed by atoms with E-state index in [1.54, 1.807) is 0 Å². The molecule has 1 aliphatic carbocycles. The van der Waals surface area contributed by atoms with Crippen molar-refractivity contribution in [2.45, 2.75) is 57.4 Å². The minimum absolute atomic E-state index is 0.121. The number of carboxylic acids is 1. The van der Waals surface area contributed by atoms with E-state index in [4.69, 9.17) is 9.84 Å². The summed E-state index contributed by atoms with van der Waals surface area (Å²) in [7, 11) is 0. The largest absolute Gasteiger partial charge is 0.481 e. The lowest BCUT2D eigenvalue weighted by molar-refractivity contribution is -0.142. The molecule has 1 heterocycles. The lowest BCUT2D eigenvalue weighted by Crippen LogP contribution is -2.38. The molecule has 1 saturated carbocycles. The average molecular weight is 283 g/mol. The second-order valence-corrected chi connectivity index (χ2v) is 6.05. The van der Waals surface area contributed by atoms with Crippen LogP contribution >= 0.6 is 0 Å². The molecule has 1 saturated heterocycles. The van der Waals surface area contributed by atoms with Crippen LogP contribution in [0.1, 0.15) is 51.4 Å². The van der Waals surface area contributed by atoms with Gasteiger partial charge in [0.05, 0.1) is 5.92 Å². The molecule has 2 aliphatic rings. The first-order valence-electron chi connectivity index (χ1n) is 7.75. The fraction of sp³-hybridized carbons (Fsp3) is 0.867. The zero-order chi connectivity index (χ0) is 14.4. The van der Waals surface area contributed by atoms with Gasteiger partial charge in [0.15, 0.2) is 0 Å². The van der Waals surface area contributed by atoms with Crippen molar-refractivity contribution in [1.29, 1.82) is 0 Å². The maximum Gasteiger partial charge on any atom is 0.306 e. The first kappa shape index (κ1) is 15.3. The van der Waals surface area contributed by atoms with Gasteiger partial charge in [0.25, 0.3) is 0 Å². The van der Waals surface area contributed by atoms with Gasteiger partial charge in [-0.1, -0.05) is 0 Å². The van der Waals surface area contributed by atoms with Gasteiger partial charge in [0.2, 0.25) is 5.91 Å². The van der Waals surface area contributed by atoms with Crippen molar-refractivity contribution in [2.75, 3.05) is 13.2 Å². The third-order valence-corrected chi connectivity index (χ3v) is 4.56. The molecule has 0 atom stereocenters. The van der Waals surface area contributed by atoms with Gasteiger partial charge >= 0.3 is 5.97 Å². The van der Waals surface area contributed by atoms with E-state index in [2.05, 4.69) is 5.32 Å². The van der Waals surface area contributed by atoms with Crippen LogP contribution in [0.15, 0.2) is 0 Å². The molecule has 1 aliphatic heterocycles. The fourth-order valence-corrected chi connectivity index (χ4v) is 3.15. The minimum atomic E-state index is -0.700. The topological polar surface area (TPSA) is 75.6 Å². The Hall–Kier alpha value is -1.10. The molecule has 0 aromatic heterocycles. The van der Waals surface area contributed by atoms with Gasteiger partial charge in [-0.15, -0.1) is 0 Å². The number of aliphatic carboxylic acids is 1. The third-order valence-electron chi connectivity index (χ3n) is 4.56. The standard InChI is InChI=1S/C15H25NO4/c17-14(6-1-11-7-9-20-10-8-11)16-13-4-2-12(3-5-13)15(18)19/h11-13H,1-10H2,(H,16,17)(H,18,19). The second-order valence-electron chi connectivity index (χ2n) is 6.05. The monoisotopic (exact) mass is 283 g/mol. The van der Waals surface area contributed by atoms with Crippen molar-refractivity contribution in [2.24, 2.45) is 11.8 Å². The highest BCUT2D eigenvalue weighted by Crippen LogP contribution is 2.25. The quantitative estimate of drug-likeness (QED) is 0.808. The summed E-state index contributed by atoms with van der Waals surface area (Å²) in [5, 5.41) is 12.0. The number of carboxylic acid groups (broad SMARTS) is 1. The first-order valence-corrected chi connectivity index (χ1v) is 7.75. The van der Waals surface area contributed by atoms with Crippen molar-refractivity contribution in [3.63, 3.8) is 0 Å². The lowest BCUT2D eigenvalue weighted by Gasteiger charge is -2.27. The van der Waals surface area contributed by atoms with Crippen LogP contribution in [-0.2, 0) is 14.3 Å². The highest BCUT2D eigenvalue weighted by Gasteiger charge is 2.26. The zero-order valence-corrected chi connectivity index (χ0v) is 12.0. The summed E-state index contributed by atoms with van der Waals surface area (Å²) in [5.74, 6) is -0.174. The third kappa shape index (κ3) is 4.78. The molecular weight excluding hydrogens is 258 g/mol. The highest BCUT2D eigenvalue weighted by molar-refractivity contribution is 5.76. The number of hydrogen-bond donors (Lipinski definition) is 2. The first-order chi connectivity index (χ1) is 9.65. The van der Waals surface area contributed by atoms with Crippen LogP contribution in [-0.4, -0.2) is 36.2 Å². The minimum Gasteiger partial charge on any atom is -0.481 e. The molecular formula is C15H25NO4. The normalized spacial score (nSPS) is 28.0. The Bertz CT molecular complexity index is 331. The molecule has 114 valence electrons. The van der Waals surface area contributed by atoms with Gasteiger partial charge in [-0.05, 0) is 50.9 Å². The summed E-state index contributed by atoms with van der Waals surface area (Å²) in [4.78, 5) is 22.8. The van der Waals surface area contributed by atoms with Crippen molar-refractivity contribution in [3.05, 3.63) is 0 Å². The van der Waals surface area contributed by atoms with E-state index in [0.717, 1.165) is 45.3 Å². The van der Waals surface area contributed by atoms with Crippen molar-refractivity contribution in [1.82, 2.24) is 5.32 Å². The predicted octanol–water partition coefficient (Wildman–Crippen LogP) is 1.95. The lowest BCUT2D eigenvalue weighted by atomic mass is 9.86. The summed E-state index contributed by atoms with van der Waals surface area (Å²) in [6.45, 7) is 1.65. The van der Waals surface area contributed by atoms with Crippen LogP contribution < -0.4 is 5.32 Å². The second kappa shape index (κ2) is 7.62. The summed E-state index contributed by atoms with van der Waals surface area (Å²) >= 11 is 0. The van der Waals surface area contributed by atoms with Crippen LogP contribution in [0.25, 0.3) is 0 Å². The number of rotatable bonds is 5. The molecule has 0 spiro atoms. The molecule has 1 amide bonds. The van der Waals surface area contributed by atoms with E-state index >= 15 is 0 Å².